The molecule has 0 radical (unpaired) electrons. The lowest BCUT2D eigenvalue weighted by Gasteiger charge is -2.26. The van der Waals surface area contributed by atoms with E-state index in [0.717, 1.165) is 41.0 Å². The molecule has 0 saturated carbocycles. The molecule has 1 fully saturated rings. The van der Waals surface area contributed by atoms with Crippen LogP contribution in [0.3, 0.4) is 0 Å². The number of halogens is 1. The van der Waals surface area contributed by atoms with Gasteiger partial charge in [-0.15, -0.1) is 0 Å². The van der Waals surface area contributed by atoms with Crippen molar-refractivity contribution in [3.63, 3.8) is 0 Å². The number of fused-ring (bicyclic) bond motifs is 1. The minimum atomic E-state index is -2.84. The van der Waals surface area contributed by atoms with Gasteiger partial charge < -0.3 is 20.3 Å². The van der Waals surface area contributed by atoms with Gasteiger partial charge >= 0.3 is 0 Å². The summed E-state index contributed by atoms with van der Waals surface area (Å²) in [6.07, 6.45) is 4.24. The molecule has 1 aliphatic rings. The van der Waals surface area contributed by atoms with Crippen LogP contribution in [-0.2, 0) is 9.84 Å². The Morgan fingerprint density at radius 2 is 1.78 bits per heavy atom. The number of anilines is 4. The van der Waals surface area contributed by atoms with Crippen molar-refractivity contribution in [3.8, 4) is 5.75 Å². The Bertz CT molecular complexity index is 1470. The van der Waals surface area contributed by atoms with Gasteiger partial charge in [-0.25, -0.2) is 13.4 Å². The maximum atomic E-state index is 11.5. The van der Waals surface area contributed by atoms with Crippen LogP contribution < -0.4 is 15.4 Å². The largest absolute Gasteiger partial charge is 0.494 e. The van der Waals surface area contributed by atoms with E-state index in [4.69, 9.17) is 16.3 Å². The van der Waals surface area contributed by atoms with Crippen LogP contribution >= 0.6 is 11.6 Å². The fraction of sp³-hybridized carbons (Fsp3) is 0.269. The highest BCUT2D eigenvalue weighted by atomic mass is 35.5. The number of nitrogens with zero attached hydrogens (tertiary/aromatic N) is 4. The van der Waals surface area contributed by atoms with Gasteiger partial charge in [0, 0.05) is 36.9 Å². The molecule has 11 heteroatoms. The number of para-hydroxylation sites is 1. The van der Waals surface area contributed by atoms with E-state index in [1.165, 1.54) is 0 Å². The fourth-order valence-corrected chi connectivity index (χ4v) is 5.55. The number of hydrogen-bond acceptors (Lipinski definition) is 9. The van der Waals surface area contributed by atoms with Gasteiger partial charge in [0.15, 0.2) is 9.84 Å². The van der Waals surface area contributed by atoms with Crippen molar-refractivity contribution in [2.45, 2.75) is 6.42 Å². The quantitative estimate of drug-likeness (QED) is 0.294. The van der Waals surface area contributed by atoms with E-state index in [1.54, 1.807) is 18.5 Å². The normalized spacial score (nSPS) is 15.4. The van der Waals surface area contributed by atoms with Crippen molar-refractivity contribution in [2.75, 3.05) is 48.4 Å². The lowest BCUT2D eigenvalue weighted by Crippen LogP contribution is -2.40. The highest BCUT2D eigenvalue weighted by Crippen LogP contribution is 2.25. The van der Waals surface area contributed by atoms with Crippen LogP contribution in [0.2, 0.25) is 5.02 Å². The number of pyridine rings is 1. The molecule has 0 atom stereocenters. The van der Waals surface area contributed by atoms with Crippen LogP contribution in [-0.4, -0.2) is 66.0 Å². The molecule has 0 amide bonds. The van der Waals surface area contributed by atoms with E-state index >= 15 is 0 Å². The van der Waals surface area contributed by atoms with Gasteiger partial charge in [0.25, 0.3) is 0 Å². The van der Waals surface area contributed by atoms with Crippen molar-refractivity contribution in [2.24, 2.45) is 0 Å². The van der Waals surface area contributed by atoms with Gasteiger partial charge in [-0.05, 0) is 48.9 Å². The molecule has 1 saturated heterocycles. The van der Waals surface area contributed by atoms with E-state index in [0.29, 0.717) is 36.5 Å². The summed E-state index contributed by atoms with van der Waals surface area (Å²) in [4.78, 5) is 15.5. The zero-order valence-electron chi connectivity index (χ0n) is 20.1. The van der Waals surface area contributed by atoms with Gasteiger partial charge in [-0.3, -0.25) is 4.98 Å². The SMILES string of the molecule is O=S1(=O)CCN(CCCOc2ccc(Nc3nccc(Nc4cnc5c(Cl)cccc5c4)n3)cc2)CC1. The minimum Gasteiger partial charge on any atom is -0.494 e. The summed E-state index contributed by atoms with van der Waals surface area (Å²) in [5.74, 6) is 2.36. The summed E-state index contributed by atoms with van der Waals surface area (Å²) in [6, 6.07) is 17.0. The Labute approximate surface area is 220 Å². The Kier molecular flexibility index (Phi) is 7.68. The average molecular weight is 539 g/mol. The summed E-state index contributed by atoms with van der Waals surface area (Å²) in [7, 11) is -2.84. The van der Waals surface area contributed by atoms with Crippen molar-refractivity contribution in [3.05, 3.63) is 72.0 Å². The smallest absolute Gasteiger partial charge is 0.229 e. The van der Waals surface area contributed by atoms with E-state index in [2.05, 4.69) is 30.5 Å². The van der Waals surface area contributed by atoms with Crippen LogP contribution in [0, 0.1) is 0 Å². The second kappa shape index (κ2) is 11.3. The lowest BCUT2D eigenvalue weighted by atomic mass is 10.2. The number of ether oxygens (including phenoxy) is 1. The van der Waals surface area contributed by atoms with Crippen molar-refractivity contribution in [1.29, 1.82) is 0 Å². The summed E-state index contributed by atoms with van der Waals surface area (Å²) in [6.45, 7) is 2.62. The number of sulfone groups is 1. The van der Waals surface area contributed by atoms with Gasteiger partial charge in [0.1, 0.15) is 11.6 Å². The van der Waals surface area contributed by atoms with Gasteiger partial charge in [0.05, 0.1) is 40.5 Å². The molecule has 2 aromatic heterocycles. The third kappa shape index (κ3) is 6.85. The lowest BCUT2D eigenvalue weighted by molar-refractivity contribution is 0.246. The molecule has 192 valence electrons. The van der Waals surface area contributed by atoms with Gasteiger partial charge in [0.2, 0.25) is 5.95 Å². The zero-order valence-corrected chi connectivity index (χ0v) is 21.7. The Hall–Kier alpha value is -3.47. The molecule has 37 heavy (non-hydrogen) atoms. The molecular weight excluding hydrogens is 512 g/mol. The highest BCUT2D eigenvalue weighted by Gasteiger charge is 2.20. The minimum absolute atomic E-state index is 0.251. The van der Waals surface area contributed by atoms with E-state index in [9.17, 15) is 8.42 Å². The Morgan fingerprint density at radius 1 is 0.973 bits per heavy atom. The molecule has 0 unspecified atom stereocenters. The van der Waals surface area contributed by atoms with Gasteiger partial charge in [-0.1, -0.05) is 23.7 Å². The Balaban J connectivity index is 1.11. The molecule has 9 nitrogen and oxygen atoms in total. The molecular formula is C26H27ClN6O3S. The third-order valence-corrected chi connectivity index (χ3v) is 7.94. The number of benzene rings is 2. The van der Waals surface area contributed by atoms with Crippen LogP contribution in [0.15, 0.2) is 67.0 Å². The van der Waals surface area contributed by atoms with Gasteiger partial charge in [-0.2, -0.15) is 4.98 Å². The number of aromatic nitrogens is 3. The maximum absolute atomic E-state index is 11.5. The second-order valence-electron chi connectivity index (χ2n) is 8.77. The highest BCUT2D eigenvalue weighted by molar-refractivity contribution is 7.91. The number of rotatable bonds is 9. The first-order valence-corrected chi connectivity index (χ1v) is 14.2. The van der Waals surface area contributed by atoms with Crippen molar-refractivity contribution < 1.29 is 13.2 Å². The molecule has 0 aliphatic carbocycles. The van der Waals surface area contributed by atoms with Crippen LogP contribution in [0.25, 0.3) is 10.9 Å². The first-order chi connectivity index (χ1) is 17.9. The standard InChI is InChI=1S/C26H27ClN6O3S/c27-23-4-1-3-19-17-21(18-29-25(19)23)30-24-9-10-28-26(32-24)31-20-5-7-22(8-6-20)36-14-2-11-33-12-15-37(34,35)16-13-33/h1,3-10,17-18H,2,11-16H2,(H2,28,30,31,32). The summed E-state index contributed by atoms with van der Waals surface area (Å²) < 4.78 is 28.9. The molecule has 2 aromatic carbocycles. The van der Waals surface area contributed by atoms with Crippen LogP contribution in [0.1, 0.15) is 6.42 Å². The first-order valence-electron chi connectivity index (χ1n) is 12.0. The molecule has 0 bridgehead atoms. The summed E-state index contributed by atoms with van der Waals surface area (Å²) >= 11 is 6.21. The maximum Gasteiger partial charge on any atom is 0.229 e. The monoisotopic (exact) mass is 538 g/mol. The molecule has 3 heterocycles. The predicted octanol–water partition coefficient (Wildman–Crippen LogP) is 4.66. The third-order valence-electron chi connectivity index (χ3n) is 6.02. The molecule has 4 aromatic rings. The van der Waals surface area contributed by atoms with Crippen molar-refractivity contribution in [1.82, 2.24) is 19.9 Å². The number of hydrogen-bond donors (Lipinski definition) is 2. The fourth-order valence-electron chi connectivity index (χ4n) is 4.04. The van der Waals surface area contributed by atoms with Crippen LogP contribution in [0.4, 0.5) is 23.1 Å². The van der Waals surface area contributed by atoms with E-state index < -0.39 is 9.84 Å². The average Bonchev–Trinajstić information content (AvgIpc) is 2.89. The summed E-state index contributed by atoms with van der Waals surface area (Å²) in [5.41, 5.74) is 2.39. The summed E-state index contributed by atoms with van der Waals surface area (Å²) in [5, 5.41) is 8.02. The van der Waals surface area contributed by atoms with Crippen molar-refractivity contribution >= 4 is 55.5 Å². The molecule has 2 N–H and O–H groups in total. The predicted molar refractivity (Wildman–Crippen MR) is 147 cm³/mol. The molecule has 0 spiro atoms. The number of nitrogens with one attached hydrogen (secondary N) is 2. The first kappa shape index (κ1) is 25.2. The molecule has 1 aliphatic heterocycles. The molecule has 5 rings (SSSR count). The topological polar surface area (TPSA) is 109 Å². The van der Waals surface area contributed by atoms with E-state index in [-0.39, 0.29) is 11.5 Å². The Morgan fingerprint density at radius 3 is 2.59 bits per heavy atom. The zero-order chi connectivity index (χ0) is 25.7. The van der Waals surface area contributed by atoms with Crippen LogP contribution in [0.5, 0.6) is 5.75 Å². The second-order valence-corrected chi connectivity index (χ2v) is 11.5. The van der Waals surface area contributed by atoms with E-state index in [1.807, 2.05) is 48.5 Å².